The highest BCUT2D eigenvalue weighted by atomic mass is 35.5. The van der Waals surface area contributed by atoms with Gasteiger partial charge in [-0.15, -0.1) is 11.8 Å². The molecule has 0 amide bonds. The maximum atomic E-state index is 6.48. The molecule has 1 N–H and O–H groups in total. The summed E-state index contributed by atoms with van der Waals surface area (Å²) in [6.07, 6.45) is 8.29. The van der Waals surface area contributed by atoms with E-state index in [0.717, 1.165) is 22.8 Å². The number of benzene rings is 1. The molecular formula is C21H24Cl3N5S. The number of hydrogen-bond acceptors (Lipinski definition) is 5. The molecule has 160 valence electrons. The fraction of sp³-hybridized carbons (Fsp3) is 0.476. The Kier molecular flexibility index (Phi) is 6.40. The van der Waals surface area contributed by atoms with Crippen molar-refractivity contribution in [3.63, 3.8) is 0 Å². The van der Waals surface area contributed by atoms with Crippen molar-refractivity contribution in [1.29, 1.82) is 0 Å². The van der Waals surface area contributed by atoms with Crippen LogP contribution < -0.4 is 5.32 Å². The van der Waals surface area contributed by atoms with Crippen molar-refractivity contribution >= 4 is 63.4 Å². The number of nitrogens with one attached hydrogen (secondary N) is 1. The number of aromatic nitrogens is 4. The van der Waals surface area contributed by atoms with Gasteiger partial charge in [-0.05, 0) is 50.0 Å². The van der Waals surface area contributed by atoms with Gasteiger partial charge in [-0.3, -0.25) is 0 Å². The predicted octanol–water partition coefficient (Wildman–Crippen LogP) is 7.19. The summed E-state index contributed by atoms with van der Waals surface area (Å²) in [5.74, 6) is 1.48. The van der Waals surface area contributed by atoms with Gasteiger partial charge in [0.2, 0.25) is 0 Å². The van der Waals surface area contributed by atoms with Crippen LogP contribution in [0, 0.1) is 12.3 Å². The normalized spacial score (nSPS) is 15.0. The van der Waals surface area contributed by atoms with Gasteiger partial charge in [0.05, 0.1) is 15.4 Å². The number of nitrogens with zero attached hydrogens (tertiary/aromatic N) is 4. The SMILES string of the molecule is CCCCC1(CNc2nc(C)nc3c2c(SC)nn3-c2c(Cl)cc(Cl)cc2Cl)CC1. The van der Waals surface area contributed by atoms with E-state index in [2.05, 4.69) is 17.2 Å². The van der Waals surface area contributed by atoms with Gasteiger partial charge >= 0.3 is 0 Å². The molecule has 1 aliphatic carbocycles. The number of hydrogen-bond donors (Lipinski definition) is 1. The molecule has 1 saturated carbocycles. The monoisotopic (exact) mass is 483 g/mol. The lowest BCUT2D eigenvalue weighted by Gasteiger charge is -2.17. The quantitative estimate of drug-likeness (QED) is 0.343. The van der Waals surface area contributed by atoms with Gasteiger partial charge < -0.3 is 5.32 Å². The molecular weight excluding hydrogens is 461 g/mol. The van der Waals surface area contributed by atoms with Crippen LogP contribution in [0.2, 0.25) is 15.1 Å². The first-order chi connectivity index (χ1) is 14.4. The molecule has 3 aromatic rings. The van der Waals surface area contributed by atoms with E-state index < -0.39 is 0 Å². The average molecular weight is 485 g/mol. The van der Waals surface area contributed by atoms with Gasteiger partial charge in [0.1, 0.15) is 22.4 Å². The molecule has 2 aromatic heterocycles. The number of anilines is 1. The third-order valence-electron chi connectivity index (χ3n) is 5.64. The van der Waals surface area contributed by atoms with Crippen molar-refractivity contribution in [3.8, 4) is 5.69 Å². The van der Waals surface area contributed by atoms with Gasteiger partial charge in [-0.2, -0.15) is 5.10 Å². The molecule has 1 aliphatic rings. The third kappa shape index (κ3) is 4.24. The third-order valence-corrected chi connectivity index (χ3v) is 7.11. The predicted molar refractivity (Wildman–Crippen MR) is 128 cm³/mol. The molecule has 0 saturated heterocycles. The van der Waals surface area contributed by atoms with Gasteiger partial charge in [-0.1, -0.05) is 54.6 Å². The highest BCUT2D eigenvalue weighted by Gasteiger charge is 2.41. The summed E-state index contributed by atoms with van der Waals surface area (Å²) < 4.78 is 1.70. The zero-order valence-electron chi connectivity index (χ0n) is 17.2. The standard InChI is InChI=1S/C21H24Cl3N5S/c1-4-5-6-21(7-8-21)11-25-18-16-19(27-12(2)26-18)29(28-20(16)30-3)17-14(23)9-13(22)10-15(17)24/h9-10H,4-8,11H2,1-3H3,(H,25,26,27). The van der Waals surface area contributed by atoms with Crippen LogP contribution in [0.5, 0.6) is 0 Å². The molecule has 1 fully saturated rings. The van der Waals surface area contributed by atoms with E-state index in [1.807, 2.05) is 13.2 Å². The molecule has 9 heteroatoms. The number of aryl methyl sites for hydroxylation is 1. The Bertz CT molecular complexity index is 1070. The minimum Gasteiger partial charge on any atom is -0.369 e. The van der Waals surface area contributed by atoms with Crippen molar-refractivity contribution in [3.05, 3.63) is 33.0 Å². The van der Waals surface area contributed by atoms with Crippen molar-refractivity contribution in [2.45, 2.75) is 51.0 Å². The number of unbranched alkanes of at least 4 members (excludes halogenated alkanes) is 1. The Balaban J connectivity index is 1.79. The lowest BCUT2D eigenvalue weighted by atomic mass is 9.99. The second-order valence-corrected chi connectivity index (χ2v) is 9.96. The average Bonchev–Trinajstić information content (AvgIpc) is 3.38. The van der Waals surface area contributed by atoms with Crippen molar-refractivity contribution < 1.29 is 0 Å². The summed E-state index contributed by atoms with van der Waals surface area (Å²) in [5.41, 5.74) is 1.65. The van der Waals surface area contributed by atoms with Crippen LogP contribution in [0.15, 0.2) is 17.2 Å². The Morgan fingerprint density at radius 1 is 1.17 bits per heavy atom. The van der Waals surface area contributed by atoms with Crippen LogP contribution >= 0.6 is 46.6 Å². The Hall–Kier alpha value is -1.21. The van der Waals surface area contributed by atoms with Crippen molar-refractivity contribution in [2.24, 2.45) is 5.41 Å². The molecule has 2 heterocycles. The molecule has 0 spiro atoms. The fourth-order valence-electron chi connectivity index (χ4n) is 3.77. The van der Waals surface area contributed by atoms with Gasteiger partial charge in [0.25, 0.3) is 0 Å². The van der Waals surface area contributed by atoms with Crippen LogP contribution in [0.1, 0.15) is 44.9 Å². The smallest absolute Gasteiger partial charge is 0.170 e. The Morgan fingerprint density at radius 3 is 2.47 bits per heavy atom. The van der Waals surface area contributed by atoms with E-state index in [0.29, 0.717) is 37.6 Å². The van der Waals surface area contributed by atoms with E-state index in [9.17, 15) is 0 Å². The van der Waals surface area contributed by atoms with E-state index in [1.54, 1.807) is 28.6 Å². The highest BCUT2D eigenvalue weighted by Crippen LogP contribution is 2.50. The molecule has 0 aliphatic heterocycles. The molecule has 1 aromatic carbocycles. The van der Waals surface area contributed by atoms with Crippen molar-refractivity contribution in [1.82, 2.24) is 19.7 Å². The second-order valence-electron chi connectivity index (χ2n) is 7.91. The minimum atomic E-state index is 0.402. The van der Waals surface area contributed by atoms with Crippen LogP contribution in [0.25, 0.3) is 16.7 Å². The lowest BCUT2D eigenvalue weighted by Crippen LogP contribution is -2.17. The maximum absolute atomic E-state index is 6.48. The maximum Gasteiger partial charge on any atom is 0.170 e. The fourth-order valence-corrected chi connectivity index (χ4v) is 5.31. The van der Waals surface area contributed by atoms with Gasteiger partial charge in [-0.25, -0.2) is 14.6 Å². The summed E-state index contributed by atoms with van der Waals surface area (Å²) in [6.45, 7) is 5.04. The number of fused-ring (bicyclic) bond motifs is 1. The summed E-state index contributed by atoms with van der Waals surface area (Å²) in [4.78, 5) is 9.39. The summed E-state index contributed by atoms with van der Waals surface area (Å²) in [5, 5.41) is 11.4. The molecule has 0 bridgehead atoms. The van der Waals surface area contributed by atoms with Gasteiger partial charge in [0.15, 0.2) is 5.65 Å². The van der Waals surface area contributed by atoms with E-state index in [4.69, 9.17) is 44.9 Å². The molecule has 30 heavy (non-hydrogen) atoms. The van der Waals surface area contributed by atoms with Crippen molar-refractivity contribution in [2.75, 3.05) is 18.1 Å². The first-order valence-electron chi connectivity index (χ1n) is 10.1. The van der Waals surface area contributed by atoms with E-state index >= 15 is 0 Å². The van der Waals surface area contributed by atoms with Crippen LogP contribution in [0.3, 0.4) is 0 Å². The van der Waals surface area contributed by atoms with E-state index in [-0.39, 0.29) is 0 Å². The number of thioether (sulfide) groups is 1. The van der Waals surface area contributed by atoms with Gasteiger partial charge in [0, 0.05) is 11.6 Å². The molecule has 5 nitrogen and oxygen atoms in total. The molecule has 0 unspecified atom stereocenters. The topological polar surface area (TPSA) is 55.6 Å². The van der Waals surface area contributed by atoms with Crippen LogP contribution in [-0.2, 0) is 0 Å². The first kappa shape index (κ1) is 22.0. The molecule has 4 rings (SSSR count). The zero-order chi connectivity index (χ0) is 21.5. The van der Waals surface area contributed by atoms with E-state index in [1.165, 1.54) is 32.1 Å². The summed E-state index contributed by atoms with van der Waals surface area (Å²) in [6, 6.07) is 3.32. The van der Waals surface area contributed by atoms with Crippen LogP contribution in [0.4, 0.5) is 5.82 Å². The minimum absolute atomic E-state index is 0.402. The lowest BCUT2D eigenvalue weighted by molar-refractivity contribution is 0.468. The highest BCUT2D eigenvalue weighted by molar-refractivity contribution is 7.98. The molecule has 0 atom stereocenters. The largest absolute Gasteiger partial charge is 0.369 e. The number of halogens is 3. The molecule has 0 radical (unpaired) electrons. The number of rotatable bonds is 8. The summed E-state index contributed by atoms with van der Waals surface area (Å²) in [7, 11) is 0. The van der Waals surface area contributed by atoms with Crippen LogP contribution in [-0.4, -0.2) is 32.5 Å². The Labute approximate surface area is 195 Å². The zero-order valence-corrected chi connectivity index (χ0v) is 20.3. The Morgan fingerprint density at radius 2 is 1.87 bits per heavy atom. The summed E-state index contributed by atoms with van der Waals surface area (Å²) >= 11 is 20.6. The second kappa shape index (κ2) is 8.73. The first-order valence-corrected chi connectivity index (χ1v) is 12.4.